The lowest BCUT2D eigenvalue weighted by Crippen LogP contribution is -2.46. The fourth-order valence-electron chi connectivity index (χ4n) is 2.74. The topological polar surface area (TPSA) is 29.5 Å². The predicted molar refractivity (Wildman–Crippen MR) is 62.9 cm³/mol. The monoisotopic (exact) mass is 214 g/mol. The first-order valence-corrected chi connectivity index (χ1v) is 6.27. The van der Waals surface area contributed by atoms with E-state index in [1.165, 1.54) is 12.8 Å². The van der Waals surface area contributed by atoms with E-state index in [1.807, 2.05) is 0 Å². The molecule has 1 aliphatic heterocycles. The van der Waals surface area contributed by atoms with Crippen LogP contribution in [0.25, 0.3) is 0 Å². The Balaban J connectivity index is 2.57. The van der Waals surface area contributed by atoms with Crippen molar-refractivity contribution in [2.24, 2.45) is 5.92 Å². The van der Waals surface area contributed by atoms with Crippen LogP contribution in [0.1, 0.15) is 59.8 Å². The van der Waals surface area contributed by atoms with Crippen LogP contribution in [0.5, 0.6) is 0 Å². The lowest BCUT2D eigenvalue weighted by atomic mass is 9.77. The summed E-state index contributed by atoms with van der Waals surface area (Å²) in [6.07, 6.45) is 4.84. The van der Waals surface area contributed by atoms with Crippen LogP contribution in [-0.2, 0) is 4.74 Å². The lowest BCUT2D eigenvalue weighted by Gasteiger charge is -2.43. The van der Waals surface area contributed by atoms with Crippen LogP contribution in [0, 0.1) is 5.92 Å². The molecule has 0 aromatic heterocycles. The molecule has 1 rings (SSSR count). The Bertz CT molecular complexity index is 197. The first-order chi connectivity index (χ1) is 6.91. The van der Waals surface area contributed by atoms with Gasteiger partial charge in [0.1, 0.15) is 0 Å². The van der Waals surface area contributed by atoms with Gasteiger partial charge in [-0.15, -0.1) is 0 Å². The molecule has 2 nitrogen and oxygen atoms in total. The van der Waals surface area contributed by atoms with Crippen molar-refractivity contribution < 1.29 is 9.84 Å². The van der Waals surface area contributed by atoms with Gasteiger partial charge in [-0.25, -0.2) is 0 Å². The molecular formula is C13H26O2. The van der Waals surface area contributed by atoms with Crippen LogP contribution in [0.15, 0.2) is 0 Å². The average Bonchev–Trinajstić information content (AvgIpc) is 2.12. The fourth-order valence-corrected chi connectivity index (χ4v) is 2.74. The summed E-state index contributed by atoms with van der Waals surface area (Å²) < 4.78 is 5.65. The van der Waals surface area contributed by atoms with Gasteiger partial charge >= 0.3 is 0 Å². The second-order valence-electron chi connectivity index (χ2n) is 5.65. The van der Waals surface area contributed by atoms with E-state index in [0.29, 0.717) is 12.5 Å². The quantitative estimate of drug-likeness (QED) is 0.779. The summed E-state index contributed by atoms with van der Waals surface area (Å²) in [5.41, 5.74) is -0.641. The Hall–Kier alpha value is -0.0800. The van der Waals surface area contributed by atoms with Crippen molar-refractivity contribution in [1.29, 1.82) is 0 Å². The number of aliphatic hydroxyl groups is 1. The molecule has 1 N–H and O–H groups in total. The second kappa shape index (κ2) is 4.84. The van der Waals surface area contributed by atoms with E-state index in [1.54, 1.807) is 0 Å². The van der Waals surface area contributed by atoms with Gasteiger partial charge in [-0.1, -0.05) is 26.7 Å². The van der Waals surface area contributed by atoms with Gasteiger partial charge < -0.3 is 9.84 Å². The minimum absolute atomic E-state index is 0.154. The Morgan fingerprint density at radius 1 is 1.27 bits per heavy atom. The summed E-state index contributed by atoms with van der Waals surface area (Å²) in [5.74, 6) is 0.656. The Morgan fingerprint density at radius 2 is 1.87 bits per heavy atom. The third kappa shape index (κ3) is 3.76. The SMILES string of the molecule is CCC(CC)CC1(O)CCOC(C)(C)C1. The maximum Gasteiger partial charge on any atom is 0.0699 e. The number of ether oxygens (including phenoxy) is 1. The molecule has 15 heavy (non-hydrogen) atoms. The number of hydrogen-bond donors (Lipinski definition) is 1. The van der Waals surface area contributed by atoms with Crippen LogP contribution in [0.4, 0.5) is 0 Å². The maximum absolute atomic E-state index is 10.6. The summed E-state index contributed by atoms with van der Waals surface area (Å²) in [7, 11) is 0. The molecule has 0 spiro atoms. The lowest BCUT2D eigenvalue weighted by molar-refractivity contribution is -0.151. The molecule has 1 fully saturated rings. The van der Waals surface area contributed by atoms with Crippen molar-refractivity contribution in [2.75, 3.05) is 6.61 Å². The zero-order valence-corrected chi connectivity index (χ0v) is 10.7. The van der Waals surface area contributed by atoms with E-state index >= 15 is 0 Å². The molecule has 0 radical (unpaired) electrons. The molecule has 90 valence electrons. The summed E-state index contributed by atoms with van der Waals surface area (Å²) >= 11 is 0. The number of hydrogen-bond acceptors (Lipinski definition) is 2. The molecule has 1 saturated heterocycles. The highest BCUT2D eigenvalue weighted by Gasteiger charge is 2.40. The molecule has 0 amide bonds. The third-order valence-corrected chi connectivity index (χ3v) is 3.64. The summed E-state index contributed by atoms with van der Waals surface area (Å²) in [6.45, 7) is 9.27. The van der Waals surface area contributed by atoms with Crippen molar-refractivity contribution in [3.05, 3.63) is 0 Å². The first kappa shape index (κ1) is 13.0. The highest BCUT2D eigenvalue weighted by Crippen LogP contribution is 2.37. The number of rotatable bonds is 4. The minimum Gasteiger partial charge on any atom is -0.390 e. The predicted octanol–water partition coefficient (Wildman–Crippen LogP) is 3.13. The summed E-state index contributed by atoms with van der Waals surface area (Å²) in [5, 5.41) is 10.6. The smallest absolute Gasteiger partial charge is 0.0699 e. The molecule has 1 atom stereocenters. The van der Waals surface area contributed by atoms with E-state index in [9.17, 15) is 5.11 Å². The summed E-state index contributed by atoms with van der Waals surface area (Å²) in [6, 6.07) is 0. The van der Waals surface area contributed by atoms with Crippen molar-refractivity contribution in [1.82, 2.24) is 0 Å². The van der Waals surface area contributed by atoms with Gasteiger partial charge in [0, 0.05) is 6.42 Å². The molecule has 0 aromatic rings. The average molecular weight is 214 g/mol. The normalized spacial score (nSPS) is 30.8. The second-order valence-corrected chi connectivity index (χ2v) is 5.65. The van der Waals surface area contributed by atoms with Gasteiger partial charge in [0.15, 0.2) is 0 Å². The zero-order chi connectivity index (χ0) is 11.5. The van der Waals surface area contributed by atoms with Gasteiger partial charge in [-0.3, -0.25) is 0 Å². The van der Waals surface area contributed by atoms with Gasteiger partial charge in [0.05, 0.1) is 17.8 Å². The van der Waals surface area contributed by atoms with Gasteiger partial charge in [0.25, 0.3) is 0 Å². The molecule has 2 heteroatoms. The van der Waals surface area contributed by atoms with Crippen LogP contribution in [0.3, 0.4) is 0 Å². The molecular weight excluding hydrogens is 188 g/mol. The first-order valence-electron chi connectivity index (χ1n) is 6.27. The van der Waals surface area contributed by atoms with E-state index in [4.69, 9.17) is 4.74 Å². The molecule has 0 aromatic carbocycles. The summed E-state index contributed by atoms with van der Waals surface area (Å²) in [4.78, 5) is 0. The Kier molecular flexibility index (Phi) is 4.19. The van der Waals surface area contributed by atoms with Crippen molar-refractivity contribution in [3.8, 4) is 0 Å². The van der Waals surface area contributed by atoms with E-state index in [0.717, 1.165) is 19.3 Å². The molecule has 0 bridgehead atoms. The van der Waals surface area contributed by atoms with E-state index in [-0.39, 0.29) is 5.60 Å². The zero-order valence-electron chi connectivity index (χ0n) is 10.7. The Labute approximate surface area is 94.0 Å². The van der Waals surface area contributed by atoms with Crippen molar-refractivity contribution >= 4 is 0 Å². The highest BCUT2D eigenvalue weighted by atomic mass is 16.5. The molecule has 1 heterocycles. The largest absolute Gasteiger partial charge is 0.390 e. The van der Waals surface area contributed by atoms with Crippen molar-refractivity contribution in [3.63, 3.8) is 0 Å². The standard InChI is InChI=1S/C13H26O2/c1-5-11(6-2)9-13(14)7-8-15-12(3,4)10-13/h11,14H,5-10H2,1-4H3. The highest BCUT2D eigenvalue weighted by molar-refractivity contribution is 4.91. The molecule has 0 saturated carbocycles. The molecule has 1 aliphatic rings. The van der Waals surface area contributed by atoms with Crippen LogP contribution < -0.4 is 0 Å². The fraction of sp³-hybridized carbons (Fsp3) is 1.00. The van der Waals surface area contributed by atoms with Crippen LogP contribution in [0.2, 0.25) is 0 Å². The van der Waals surface area contributed by atoms with E-state index < -0.39 is 5.60 Å². The minimum atomic E-state index is -0.488. The van der Waals surface area contributed by atoms with Gasteiger partial charge in [-0.05, 0) is 32.6 Å². The molecule has 1 unspecified atom stereocenters. The van der Waals surface area contributed by atoms with Gasteiger partial charge in [-0.2, -0.15) is 0 Å². The Morgan fingerprint density at radius 3 is 2.33 bits per heavy atom. The van der Waals surface area contributed by atoms with Gasteiger partial charge in [0.2, 0.25) is 0 Å². The van der Waals surface area contributed by atoms with Crippen LogP contribution >= 0.6 is 0 Å². The van der Waals surface area contributed by atoms with Crippen molar-refractivity contribution in [2.45, 2.75) is 71.0 Å². The molecule has 0 aliphatic carbocycles. The third-order valence-electron chi connectivity index (χ3n) is 3.64. The maximum atomic E-state index is 10.6. The van der Waals surface area contributed by atoms with E-state index in [2.05, 4.69) is 27.7 Å². The van der Waals surface area contributed by atoms with Crippen LogP contribution in [-0.4, -0.2) is 22.9 Å².